The number of rotatable bonds is 3. The summed E-state index contributed by atoms with van der Waals surface area (Å²) in [5.41, 5.74) is 1.97. The lowest BCUT2D eigenvalue weighted by molar-refractivity contribution is -0.129. The first-order chi connectivity index (χ1) is 10.4. The van der Waals surface area contributed by atoms with Gasteiger partial charge in [0.2, 0.25) is 5.91 Å². The van der Waals surface area contributed by atoms with Crippen molar-refractivity contribution in [1.29, 1.82) is 0 Å². The lowest BCUT2D eigenvalue weighted by Crippen LogP contribution is -2.44. The monoisotopic (exact) mass is 305 g/mol. The van der Waals surface area contributed by atoms with Crippen molar-refractivity contribution in [2.45, 2.75) is 65.5 Å². The van der Waals surface area contributed by atoms with Crippen molar-refractivity contribution in [2.75, 3.05) is 13.1 Å². The first-order valence-corrected chi connectivity index (χ1v) is 8.43. The SMILES string of the molecule is CC(C)(C)C(=O)NC1CCc2onc(CN3CCCC3)c2C1. The Bertz CT molecular complexity index is 539. The molecule has 1 aliphatic heterocycles. The van der Waals surface area contributed by atoms with E-state index in [0.717, 1.165) is 50.4 Å². The zero-order chi connectivity index (χ0) is 15.7. The summed E-state index contributed by atoms with van der Waals surface area (Å²) in [6.07, 6.45) is 5.23. The molecule has 2 aliphatic rings. The minimum atomic E-state index is -0.340. The van der Waals surface area contributed by atoms with Gasteiger partial charge in [-0.2, -0.15) is 0 Å². The average Bonchev–Trinajstić information content (AvgIpc) is 3.09. The molecule has 1 fully saturated rings. The number of likely N-dealkylation sites (tertiary alicyclic amines) is 1. The molecule has 22 heavy (non-hydrogen) atoms. The smallest absolute Gasteiger partial charge is 0.225 e. The van der Waals surface area contributed by atoms with Crippen LogP contribution in [0.5, 0.6) is 0 Å². The minimum absolute atomic E-state index is 0.124. The van der Waals surface area contributed by atoms with Crippen LogP contribution in [0.4, 0.5) is 0 Å². The number of hydrogen-bond donors (Lipinski definition) is 1. The fourth-order valence-electron chi connectivity index (χ4n) is 3.27. The van der Waals surface area contributed by atoms with Gasteiger partial charge in [-0.05, 0) is 38.8 Å². The molecule has 5 heteroatoms. The van der Waals surface area contributed by atoms with Crippen LogP contribution in [0.25, 0.3) is 0 Å². The van der Waals surface area contributed by atoms with Gasteiger partial charge < -0.3 is 9.84 Å². The maximum atomic E-state index is 12.2. The van der Waals surface area contributed by atoms with Crippen molar-refractivity contribution in [3.8, 4) is 0 Å². The standard InChI is InChI=1S/C17H27N3O2/c1-17(2,3)16(21)18-12-6-7-15-13(10-12)14(19-22-15)11-20-8-4-5-9-20/h12H,4-11H2,1-3H3,(H,18,21). The van der Waals surface area contributed by atoms with Gasteiger partial charge in [-0.15, -0.1) is 0 Å². The molecule has 1 aliphatic carbocycles. The number of amides is 1. The van der Waals surface area contributed by atoms with Gasteiger partial charge in [-0.3, -0.25) is 9.69 Å². The summed E-state index contributed by atoms with van der Waals surface area (Å²) in [5.74, 6) is 1.15. The van der Waals surface area contributed by atoms with Crippen LogP contribution >= 0.6 is 0 Å². The van der Waals surface area contributed by atoms with E-state index in [0.29, 0.717) is 0 Å². The lowest BCUT2D eigenvalue weighted by atomic mass is 9.89. The summed E-state index contributed by atoms with van der Waals surface area (Å²) in [6.45, 7) is 9.06. The highest BCUT2D eigenvalue weighted by molar-refractivity contribution is 5.81. The van der Waals surface area contributed by atoms with E-state index in [-0.39, 0.29) is 17.4 Å². The molecule has 5 nitrogen and oxygen atoms in total. The van der Waals surface area contributed by atoms with Crippen LogP contribution in [0.3, 0.4) is 0 Å². The van der Waals surface area contributed by atoms with Crippen molar-refractivity contribution >= 4 is 5.91 Å². The van der Waals surface area contributed by atoms with E-state index in [1.165, 1.54) is 18.4 Å². The second kappa shape index (κ2) is 6.03. The number of fused-ring (bicyclic) bond motifs is 1. The highest BCUT2D eigenvalue weighted by Gasteiger charge is 2.30. The van der Waals surface area contributed by atoms with E-state index in [2.05, 4.69) is 15.4 Å². The maximum Gasteiger partial charge on any atom is 0.225 e. The molecule has 0 aromatic carbocycles. The number of aryl methyl sites for hydroxylation is 1. The van der Waals surface area contributed by atoms with Gasteiger partial charge in [-0.1, -0.05) is 25.9 Å². The quantitative estimate of drug-likeness (QED) is 0.931. The molecule has 1 atom stereocenters. The van der Waals surface area contributed by atoms with Crippen LogP contribution in [0.2, 0.25) is 0 Å². The predicted octanol–water partition coefficient (Wildman–Crippen LogP) is 2.29. The lowest BCUT2D eigenvalue weighted by Gasteiger charge is -2.27. The summed E-state index contributed by atoms with van der Waals surface area (Å²) in [4.78, 5) is 14.6. The van der Waals surface area contributed by atoms with Crippen molar-refractivity contribution in [3.05, 3.63) is 17.0 Å². The molecule has 1 aromatic rings. The molecule has 3 rings (SSSR count). The summed E-state index contributed by atoms with van der Waals surface area (Å²) in [5, 5.41) is 7.48. The Balaban J connectivity index is 1.66. The van der Waals surface area contributed by atoms with Gasteiger partial charge in [0.15, 0.2) is 0 Å². The Morgan fingerprint density at radius 2 is 2.09 bits per heavy atom. The molecular weight excluding hydrogens is 278 g/mol. The second-order valence-electron chi connectivity index (χ2n) is 7.68. The molecule has 0 spiro atoms. The van der Waals surface area contributed by atoms with Crippen LogP contribution in [-0.4, -0.2) is 35.1 Å². The maximum absolute atomic E-state index is 12.2. The highest BCUT2D eigenvalue weighted by atomic mass is 16.5. The fourth-order valence-corrected chi connectivity index (χ4v) is 3.27. The third kappa shape index (κ3) is 3.35. The van der Waals surface area contributed by atoms with E-state index < -0.39 is 0 Å². The van der Waals surface area contributed by atoms with Crippen LogP contribution in [-0.2, 0) is 24.2 Å². The Kier molecular flexibility index (Phi) is 4.26. The van der Waals surface area contributed by atoms with Crippen molar-refractivity contribution in [2.24, 2.45) is 5.41 Å². The largest absolute Gasteiger partial charge is 0.361 e. The Morgan fingerprint density at radius 1 is 1.36 bits per heavy atom. The third-order valence-corrected chi connectivity index (χ3v) is 4.71. The molecule has 1 unspecified atom stereocenters. The first-order valence-electron chi connectivity index (χ1n) is 8.43. The van der Waals surface area contributed by atoms with Gasteiger partial charge in [0.1, 0.15) is 11.5 Å². The number of hydrogen-bond acceptors (Lipinski definition) is 4. The molecule has 1 amide bonds. The molecule has 0 radical (unpaired) electrons. The van der Waals surface area contributed by atoms with E-state index in [4.69, 9.17) is 4.52 Å². The van der Waals surface area contributed by atoms with Gasteiger partial charge >= 0.3 is 0 Å². The van der Waals surface area contributed by atoms with Crippen LogP contribution < -0.4 is 5.32 Å². The highest BCUT2D eigenvalue weighted by Crippen LogP contribution is 2.27. The molecule has 0 saturated carbocycles. The normalized spacial score (nSPS) is 22.6. The summed E-state index contributed by atoms with van der Waals surface area (Å²) < 4.78 is 5.53. The molecule has 122 valence electrons. The van der Waals surface area contributed by atoms with Crippen molar-refractivity contribution in [1.82, 2.24) is 15.4 Å². The molecule has 1 aromatic heterocycles. The first kappa shape index (κ1) is 15.5. The molecule has 1 N–H and O–H groups in total. The van der Waals surface area contributed by atoms with Crippen LogP contribution in [0, 0.1) is 5.41 Å². The van der Waals surface area contributed by atoms with Crippen LogP contribution in [0.1, 0.15) is 57.1 Å². The Hall–Kier alpha value is -1.36. The van der Waals surface area contributed by atoms with E-state index in [9.17, 15) is 4.79 Å². The predicted molar refractivity (Wildman–Crippen MR) is 84.4 cm³/mol. The molecule has 0 bridgehead atoms. The van der Waals surface area contributed by atoms with Gasteiger partial charge in [-0.25, -0.2) is 0 Å². The molecule has 1 saturated heterocycles. The van der Waals surface area contributed by atoms with Gasteiger partial charge in [0, 0.05) is 30.0 Å². The van der Waals surface area contributed by atoms with Crippen LogP contribution in [0.15, 0.2) is 4.52 Å². The van der Waals surface area contributed by atoms with E-state index >= 15 is 0 Å². The molecular formula is C17H27N3O2. The summed E-state index contributed by atoms with van der Waals surface area (Å²) in [7, 11) is 0. The summed E-state index contributed by atoms with van der Waals surface area (Å²) >= 11 is 0. The third-order valence-electron chi connectivity index (χ3n) is 4.71. The zero-order valence-electron chi connectivity index (χ0n) is 13.9. The number of nitrogens with one attached hydrogen (secondary N) is 1. The number of carbonyl (C=O) groups excluding carboxylic acids is 1. The van der Waals surface area contributed by atoms with Crippen molar-refractivity contribution in [3.63, 3.8) is 0 Å². The second-order valence-corrected chi connectivity index (χ2v) is 7.68. The summed E-state index contributed by atoms with van der Waals surface area (Å²) in [6, 6.07) is 0.205. The topological polar surface area (TPSA) is 58.4 Å². The minimum Gasteiger partial charge on any atom is -0.361 e. The zero-order valence-corrected chi connectivity index (χ0v) is 13.9. The number of carbonyl (C=O) groups is 1. The van der Waals surface area contributed by atoms with E-state index in [1.807, 2.05) is 20.8 Å². The van der Waals surface area contributed by atoms with E-state index in [1.54, 1.807) is 0 Å². The van der Waals surface area contributed by atoms with Gasteiger partial charge in [0.25, 0.3) is 0 Å². The number of nitrogens with zero attached hydrogens (tertiary/aromatic N) is 2. The number of aromatic nitrogens is 1. The Morgan fingerprint density at radius 3 is 2.77 bits per heavy atom. The van der Waals surface area contributed by atoms with Crippen molar-refractivity contribution < 1.29 is 9.32 Å². The van der Waals surface area contributed by atoms with Gasteiger partial charge in [0.05, 0.1) is 0 Å². The molecule has 2 heterocycles. The average molecular weight is 305 g/mol. The fraction of sp³-hybridized carbons (Fsp3) is 0.765. The Labute approximate surface area is 132 Å².